The molecule has 0 amide bonds. The SMILES string of the molecule is Cc1nc(Cl)c(Sc2nnc3ccccn23)nc1C. The molecule has 3 rings (SSSR count). The topological polar surface area (TPSA) is 56.0 Å². The maximum absolute atomic E-state index is 6.12. The molecule has 0 N–H and O–H groups in total. The van der Waals surface area contributed by atoms with Crippen LogP contribution in [0.25, 0.3) is 5.65 Å². The van der Waals surface area contributed by atoms with E-state index in [4.69, 9.17) is 11.6 Å². The fourth-order valence-corrected chi connectivity index (χ4v) is 2.70. The van der Waals surface area contributed by atoms with Crippen LogP contribution in [0.5, 0.6) is 0 Å². The van der Waals surface area contributed by atoms with Crippen LogP contribution >= 0.6 is 23.4 Å². The van der Waals surface area contributed by atoms with Crippen LogP contribution in [0, 0.1) is 13.8 Å². The summed E-state index contributed by atoms with van der Waals surface area (Å²) in [7, 11) is 0. The smallest absolute Gasteiger partial charge is 0.202 e. The second kappa shape index (κ2) is 4.79. The number of hydrogen-bond donors (Lipinski definition) is 0. The van der Waals surface area contributed by atoms with E-state index in [-0.39, 0.29) is 0 Å². The molecule has 0 saturated carbocycles. The summed E-state index contributed by atoms with van der Waals surface area (Å²) < 4.78 is 1.89. The van der Waals surface area contributed by atoms with Crippen LogP contribution in [0.1, 0.15) is 11.4 Å². The van der Waals surface area contributed by atoms with Crippen molar-refractivity contribution in [2.45, 2.75) is 24.0 Å². The van der Waals surface area contributed by atoms with Crippen molar-refractivity contribution in [1.82, 2.24) is 24.6 Å². The average Bonchev–Trinajstić information content (AvgIpc) is 2.80. The Morgan fingerprint density at radius 3 is 2.74 bits per heavy atom. The predicted octanol–water partition coefficient (Wildman–Crippen LogP) is 2.94. The first-order valence-corrected chi connectivity index (χ1v) is 6.83. The van der Waals surface area contributed by atoms with Crippen LogP contribution in [0.2, 0.25) is 5.15 Å². The van der Waals surface area contributed by atoms with Crippen molar-refractivity contribution in [3.63, 3.8) is 0 Å². The Morgan fingerprint density at radius 2 is 1.89 bits per heavy atom. The van der Waals surface area contributed by atoms with Crippen molar-refractivity contribution in [3.05, 3.63) is 40.9 Å². The number of aromatic nitrogens is 5. The molecule has 3 aromatic heterocycles. The monoisotopic (exact) mass is 291 g/mol. The molecule has 0 aromatic carbocycles. The molecule has 7 heteroatoms. The number of halogens is 1. The molecule has 0 unspecified atom stereocenters. The summed E-state index contributed by atoms with van der Waals surface area (Å²) in [4.78, 5) is 8.70. The Morgan fingerprint density at radius 1 is 1.11 bits per heavy atom. The molecule has 0 saturated heterocycles. The molecule has 0 radical (unpaired) electrons. The Kier molecular flexibility index (Phi) is 3.12. The molecule has 3 heterocycles. The molecular weight excluding hydrogens is 282 g/mol. The summed E-state index contributed by atoms with van der Waals surface area (Å²) in [5, 5.41) is 9.97. The lowest BCUT2D eigenvalue weighted by molar-refractivity contribution is 0.905. The molecule has 0 bridgehead atoms. The van der Waals surface area contributed by atoms with Gasteiger partial charge in [0.2, 0.25) is 5.16 Å². The standard InChI is InChI=1S/C12H10ClN5S/c1-7-8(2)15-11(10(13)14-7)19-12-17-16-9-5-3-4-6-18(9)12/h3-6H,1-2H3. The van der Waals surface area contributed by atoms with Gasteiger partial charge in [0.05, 0.1) is 11.4 Å². The number of pyridine rings is 1. The van der Waals surface area contributed by atoms with Crippen LogP contribution in [0.3, 0.4) is 0 Å². The van der Waals surface area contributed by atoms with E-state index in [2.05, 4.69) is 20.2 Å². The highest BCUT2D eigenvalue weighted by Gasteiger charge is 2.13. The molecule has 0 spiro atoms. The van der Waals surface area contributed by atoms with Gasteiger partial charge in [0, 0.05) is 6.20 Å². The fourth-order valence-electron chi connectivity index (χ4n) is 1.60. The van der Waals surface area contributed by atoms with Crippen LogP contribution in [-0.4, -0.2) is 24.6 Å². The molecule has 0 fully saturated rings. The first-order valence-electron chi connectivity index (χ1n) is 5.63. The number of hydrogen-bond acceptors (Lipinski definition) is 5. The van der Waals surface area contributed by atoms with E-state index < -0.39 is 0 Å². The van der Waals surface area contributed by atoms with Crippen molar-refractivity contribution in [2.24, 2.45) is 0 Å². The molecule has 0 atom stereocenters. The number of rotatable bonds is 2. The molecule has 0 aliphatic carbocycles. The third kappa shape index (κ3) is 2.29. The fraction of sp³-hybridized carbons (Fsp3) is 0.167. The lowest BCUT2D eigenvalue weighted by Gasteiger charge is -2.04. The zero-order valence-corrected chi connectivity index (χ0v) is 11.9. The molecule has 5 nitrogen and oxygen atoms in total. The van der Waals surface area contributed by atoms with E-state index in [1.54, 1.807) is 0 Å². The first-order chi connectivity index (χ1) is 9.15. The Labute approximate surface area is 119 Å². The van der Waals surface area contributed by atoms with Gasteiger partial charge in [0.25, 0.3) is 0 Å². The summed E-state index contributed by atoms with van der Waals surface area (Å²) in [6.07, 6.45) is 1.90. The summed E-state index contributed by atoms with van der Waals surface area (Å²) >= 11 is 7.47. The second-order valence-electron chi connectivity index (χ2n) is 4.00. The predicted molar refractivity (Wildman–Crippen MR) is 73.6 cm³/mol. The van der Waals surface area contributed by atoms with Gasteiger partial charge in [-0.25, -0.2) is 9.97 Å². The van der Waals surface area contributed by atoms with Gasteiger partial charge in [-0.2, -0.15) is 0 Å². The van der Waals surface area contributed by atoms with E-state index in [0.717, 1.165) is 22.2 Å². The number of fused-ring (bicyclic) bond motifs is 1. The Hall–Kier alpha value is -1.66. The minimum Gasteiger partial charge on any atom is -0.277 e. The third-order valence-electron chi connectivity index (χ3n) is 2.71. The quantitative estimate of drug-likeness (QED) is 0.726. The molecule has 3 aromatic rings. The van der Waals surface area contributed by atoms with Gasteiger partial charge in [-0.15, -0.1) is 10.2 Å². The van der Waals surface area contributed by atoms with Crippen LogP contribution in [0.15, 0.2) is 34.6 Å². The van der Waals surface area contributed by atoms with Crippen molar-refractivity contribution in [2.75, 3.05) is 0 Å². The zero-order valence-electron chi connectivity index (χ0n) is 10.3. The van der Waals surface area contributed by atoms with Crippen LogP contribution in [-0.2, 0) is 0 Å². The van der Waals surface area contributed by atoms with Gasteiger partial charge < -0.3 is 0 Å². The largest absolute Gasteiger partial charge is 0.277 e. The number of aryl methyl sites for hydroxylation is 2. The Bertz CT molecular complexity index is 755. The van der Waals surface area contributed by atoms with Crippen molar-refractivity contribution in [1.29, 1.82) is 0 Å². The van der Waals surface area contributed by atoms with Gasteiger partial charge in [-0.05, 0) is 37.7 Å². The van der Waals surface area contributed by atoms with Crippen molar-refractivity contribution in [3.8, 4) is 0 Å². The van der Waals surface area contributed by atoms with Crippen LogP contribution < -0.4 is 0 Å². The lowest BCUT2D eigenvalue weighted by atomic mass is 10.4. The lowest BCUT2D eigenvalue weighted by Crippen LogP contribution is -1.96. The molecule has 0 aliphatic heterocycles. The van der Waals surface area contributed by atoms with E-state index in [1.165, 1.54) is 11.8 Å². The van der Waals surface area contributed by atoms with E-state index >= 15 is 0 Å². The molecule has 96 valence electrons. The average molecular weight is 292 g/mol. The van der Waals surface area contributed by atoms with Gasteiger partial charge >= 0.3 is 0 Å². The highest BCUT2D eigenvalue weighted by Crippen LogP contribution is 2.30. The third-order valence-corrected chi connectivity index (χ3v) is 4.02. The highest BCUT2D eigenvalue weighted by molar-refractivity contribution is 7.99. The Balaban J connectivity index is 2.04. The zero-order chi connectivity index (χ0) is 13.4. The number of nitrogens with zero attached hydrogens (tertiary/aromatic N) is 5. The van der Waals surface area contributed by atoms with Gasteiger partial charge in [0.1, 0.15) is 5.03 Å². The van der Waals surface area contributed by atoms with Gasteiger partial charge in [0.15, 0.2) is 10.8 Å². The first kappa shape index (κ1) is 12.4. The molecule has 19 heavy (non-hydrogen) atoms. The minimum absolute atomic E-state index is 0.390. The van der Waals surface area contributed by atoms with E-state index in [0.29, 0.717) is 10.2 Å². The van der Waals surface area contributed by atoms with Gasteiger partial charge in [-0.1, -0.05) is 17.7 Å². The highest BCUT2D eigenvalue weighted by atomic mass is 35.5. The van der Waals surface area contributed by atoms with E-state index in [1.807, 2.05) is 42.6 Å². The molecular formula is C12H10ClN5S. The summed E-state index contributed by atoms with van der Waals surface area (Å²) in [6, 6.07) is 5.74. The second-order valence-corrected chi connectivity index (χ2v) is 5.32. The summed E-state index contributed by atoms with van der Waals surface area (Å²) in [5.41, 5.74) is 2.49. The normalized spacial score (nSPS) is 11.1. The maximum atomic E-state index is 6.12. The summed E-state index contributed by atoms with van der Waals surface area (Å²) in [5.74, 6) is 0. The van der Waals surface area contributed by atoms with E-state index in [9.17, 15) is 0 Å². The van der Waals surface area contributed by atoms with Crippen molar-refractivity contribution < 1.29 is 0 Å². The molecule has 0 aliphatic rings. The van der Waals surface area contributed by atoms with Crippen LogP contribution in [0.4, 0.5) is 0 Å². The van der Waals surface area contributed by atoms with Crippen molar-refractivity contribution >= 4 is 29.0 Å². The summed E-state index contributed by atoms with van der Waals surface area (Å²) in [6.45, 7) is 3.79. The maximum Gasteiger partial charge on any atom is 0.202 e. The van der Waals surface area contributed by atoms with Gasteiger partial charge in [-0.3, -0.25) is 4.40 Å². The minimum atomic E-state index is 0.390.